The molecule has 3 heterocycles. The normalized spacial score (nSPS) is 19.0. The van der Waals surface area contributed by atoms with Gasteiger partial charge in [0, 0.05) is 56.0 Å². The molecule has 0 spiro atoms. The van der Waals surface area contributed by atoms with Crippen LogP contribution < -0.4 is 5.32 Å². The molecule has 0 saturated carbocycles. The summed E-state index contributed by atoms with van der Waals surface area (Å²) in [5.74, 6) is 0.277. The van der Waals surface area contributed by atoms with Crippen molar-refractivity contribution in [1.82, 2.24) is 30.0 Å². The standard InChI is InChI=1S/C38H40N6O4/c1-42-20-22-43(23-21-42)33(15-9-19-39-36(46)29-13-6-8-16-34(29)45)35-40-31-18-17-27(24-32(31)41-35)38(48)30-14-7-5-12-28(30)37(47)44(38)25-26-10-3-2-4-11-26/h2-8,10-14,16-18,24,33,45,48H,9,15,19-23,25H2,1H3,(H,39,46)(H,40,41). The first-order valence-electron chi connectivity index (χ1n) is 16.5. The minimum Gasteiger partial charge on any atom is -0.507 e. The van der Waals surface area contributed by atoms with E-state index in [1.165, 1.54) is 6.07 Å². The van der Waals surface area contributed by atoms with Gasteiger partial charge in [0.15, 0.2) is 5.72 Å². The second-order valence-electron chi connectivity index (χ2n) is 12.7. The number of phenolic OH excluding ortho intramolecular Hbond substituents is 1. The number of likely N-dealkylation sites (N-methyl/N-ethyl adjacent to an activating group) is 1. The van der Waals surface area contributed by atoms with E-state index in [9.17, 15) is 19.8 Å². The van der Waals surface area contributed by atoms with Crippen molar-refractivity contribution < 1.29 is 19.8 Å². The van der Waals surface area contributed by atoms with Crippen molar-refractivity contribution in [3.05, 3.63) is 131 Å². The summed E-state index contributed by atoms with van der Waals surface area (Å²) in [7, 11) is 2.13. The van der Waals surface area contributed by atoms with Gasteiger partial charge in [-0.05, 0) is 55.8 Å². The number of nitrogens with zero attached hydrogens (tertiary/aromatic N) is 4. The molecule has 0 aliphatic carbocycles. The molecule has 7 rings (SSSR count). The lowest BCUT2D eigenvalue weighted by molar-refractivity contribution is -0.0542. The summed E-state index contributed by atoms with van der Waals surface area (Å²) in [6.07, 6.45) is 1.47. The molecule has 0 radical (unpaired) electrons. The monoisotopic (exact) mass is 644 g/mol. The quantitative estimate of drug-likeness (QED) is 0.164. The average Bonchev–Trinajstić information content (AvgIpc) is 3.63. The van der Waals surface area contributed by atoms with Crippen molar-refractivity contribution in [2.45, 2.75) is 31.2 Å². The molecule has 10 nitrogen and oxygen atoms in total. The summed E-state index contributed by atoms with van der Waals surface area (Å²) >= 11 is 0. The van der Waals surface area contributed by atoms with Crippen LogP contribution in [0.15, 0.2) is 97.1 Å². The first kappa shape index (κ1) is 31.6. The maximum absolute atomic E-state index is 13.7. The molecule has 4 N–H and O–H groups in total. The highest BCUT2D eigenvalue weighted by Gasteiger charge is 2.49. The van der Waals surface area contributed by atoms with Crippen LogP contribution in [0.4, 0.5) is 0 Å². The molecule has 48 heavy (non-hydrogen) atoms. The number of hydrogen-bond donors (Lipinski definition) is 4. The fourth-order valence-electron chi connectivity index (χ4n) is 6.96. The molecule has 1 saturated heterocycles. The summed E-state index contributed by atoms with van der Waals surface area (Å²) in [6, 6.07) is 29.2. The number of aliphatic hydroxyl groups is 1. The Kier molecular flexibility index (Phi) is 8.70. The summed E-state index contributed by atoms with van der Waals surface area (Å²) in [4.78, 5) is 41.3. The van der Waals surface area contributed by atoms with Gasteiger partial charge in [0.05, 0.1) is 22.6 Å². The summed E-state index contributed by atoms with van der Waals surface area (Å²) in [5, 5.41) is 25.5. The van der Waals surface area contributed by atoms with E-state index in [2.05, 4.69) is 27.1 Å². The number of aromatic hydroxyl groups is 1. The number of H-pyrrole nitrogens is 1. The van der Waals surface area contributed by atoms with E-state index < -0.39 is 5.72 Å². The number of nitrogens with one attached hydrogen (secondary N) is 2. The van der Waals surface area contributed by atoms with Gasteiger partial charge in [0.25, 0.3) is 11.8 Å². The van der Waals surface area contributed by atoms with Crippen molar-refractivity contribution >= 4 is 22.8 Å². The van der Waals surface area contributed by atoms with Gasteiger partial charge in [-0.25, -0.2) is 4.98 Å². The smallest absolute Gasteiger partial charge is 0.257 e. The predicted octanol–water partition coefficient (Wildman–Crippen LogP) is 4.62. The summed E-state index contributed by atoms with van der Waals surface area (Å²) < 4.78 is 0. The number of hydrogen-bond acceptors (Lipinski definition) is 7. The van der Waals surface area contributed by atoms with Crippen molar-refractivity contribution in [1.29, 1.82) is 0 Å². The topological polar surface area (TPSA) is 125 Å². The Morgan fingerprint density at radius 3 is 2.48 bits per heavy atom. The molecule has 2 atom stereocenters. The van der Waals surface area contributed by atoms with Crippen LogP contribution in [0, 0.1) is 0 Å². The number of amides is 2. The third-order valence-electron chi connectivity index (χ3n) is 9.64. The Morgan fingerprint density at radius 1 is 0.958 bits per heavy atom. The highest BCUT2D eigenvalue weighted by molar-refractivity contribution is 6.00. The fourth-order valence-corrected chi connectivity index (χ4v) is 6.96. The Labute approximate surface area is 279 Å². The molecule has 1 fully saturated rings. The molecule has 2 aliphatic heterocycles. The average molecular weight is 645 g/mol. The van der Waals surface area contributed by atoms with E-state index in [0.29, 0.717) is 29.7 Å². The van der Waals surface area contributed by atoms with Gasteiger partial charge < -0.3 is 25.4 Å². The number of imidazole rings is 1. The summed E-state index contributed by atoms with van der Waals surface area (Å²) in [6.45, 7) is 4.38. The molecule has 1 aromatic heterocycles. The number of phenols is 1. The summed E-state index contributed by atoms with van der Waals surface area (Å²) in [5.41, 5.74) is 2.71. The molecule has 5 aromatic rings. The van der Waals surface area contributed by atoms with Gasteiger partial charge in [-0.2, -0.15) is 0 Å². The second kappa shape index (κ2) is 13.2. The van der Waals surface area contributed by atoms with E-state index >= 15 is 0 Å². The maximum Gasteiger partial charge on any atom is 0.257 e. The van der Waals surface area contributed by atoms with Gasteiger partial charge in [-0.3, -0.25) is 19.4 Å². The number of para-hydroxylation sites is 1. The van der Waals surface area contributed by atoms with Gasteiger partial charge in [0.1, 0.15) is 11.6 Å². The van der Waals surface area contributed by atoms with E-state index in [0.717, 1.165) is 55.0 Å². The van der Waals surface area contributed by atoms with Crippen LogP contribution >= 0.6 is 0 Å². The number of aromatic nitrogens is 2. The molecular formula is C38H40N6O4. The van der Waals surface area contributed by atoms with E-state index in [-0.39, 0.29) is 35.7 Å². The van der Waals surface area contributed by atoms with E-state index in [1.807, 2.05) is 66.7 Å². The Bertz CT molecular complexity index is 1940. The Morgan fingerprint density at radius 2 is 1.69 bits per heavy atom. The Balaban J connectivity index is 1.16. The lowest BCUT2D eigenvalue weighted by Crippen LogP contribution is -2.46. The Hall–Kier alpha value is -5.03. The van der Waals surface area contributed by atoms with Crippen molar-refractivity contribution in [2.75, 3.05) is 39.8 Å². The van der Waals surface area contributed by atoms with Crippen molar-refractivity contribution in [3.63, 3.8) is 0 Å². The van der Waals surface area contributed by atoms with Crippen LogP contribution in [-0.4, -0.2) is 86.5 Å². The number of fused-ring (bicyclic) bond motifs is 2. The van der Waals surface area contributed by atoms with E-state index in [4.69, 9.17) is 4.98 Å². The van der Waals surface area contributed by atoms with Crippen molar-refractivity contribution in [2.24, 2.45) is 0 Å². The molecule has 10 heteroatoms. The second-order valence-corrected chi connectivity index (χ2v) is 12.7. The van der Waals surface area contributed by atoms with Crippen LogP contribution in [0.5, 0.6) is 5.75 Å². The van der Waals surface area contributed by atoms with Crippen LogP contribution in [0.2, 0.25) is 0 Å². The molecule has 2 aliphatic rings. The van der Waals surface area contributed by atoms with Crippen molar-refractivity contribution in [3.8, 4) is 5.75 Å². The zero-order chi connectivity index (χ0) is 33.3. The number of benzene rings is 4. The largest absolute Gasteiger partial charge is 0.507 e. The molecule has 2 amide bonds. The zero-order valence-corrected chi connectivity index (χ0v) is 27.0. The fraction of sp³-hybridized carbons (Fsp3) is 0.289. The number of rotatable bonds is 10. The lowest BCUT2D eigenvalue weighted by Gasteiger charge is -2.37. The number of piperazine rings is 1. The molecule has 4 aromatic carbocycles. The third kappa shape index (κ3) is 5.94. The van der Waals surface area contributed by atoms with Gasteiger partial charge in [-0.1, -0.05) is 66.7 Å². The third-order valence-corrected chi connectivity index (χ3v) is 9.64. The number of carbonyl (C=O) groups is 2. The highest BCUT2D eigenvalue weighted by Crippen LogP contribution is 2.43. The molecule has 2 unspecified atom stereocenters. The predicted molar refractivity (Wildman–Crippen MR) is 183 cm³/mol. The minimum absolute atomic E-state index is 0.0111. The molecular weight excluding hydrogens is 604 g/mol. The highest BCUT2D eigenvalue weighted by atomic mass is 16.3. The van der Waals surface area contributed by atoms with E-state index in [1.54, 1.807) is 29.2 Å². The van der Waals surface area contributed by atoms with Crippen LogP contribution in [0.25, 0.3) is 11.0 Å². The van der Waals surface area contributed by atoms with Gasteiger partial charge in [0.2, 0.25) is 0 Å². The lowest BCUT2D eigenvalue weighted by atomic mass is 9.93. The number of carbonyl (C=O) groups excluding carboxylic acids is 2. The van der Waals surface area contributed by atoms with Crippen LogP contribution in [0.1, 0.15) is 62.1 Å². The molecule has 246 valence electrons. The number of aromatic amines is 1. The zero-order valence-electron chi connectivity index (χ0n) is 27.0. The molecule has 0 bridgehead atoms. The van der Waals surface area contributed by atoms with Crippen LogP contribution in [0.3, 0.4) is 0 Å². The van der Waals surface area contributed by atoms with Gasteiger partial charge >= 0.3 is 0 Å². The SMILES string of the molecule is CN1CCN(C(CCCNC(=O)c2ccccc2O)c2nc3ccc(C4(O)c5ccccc5C(=O)N4Cc4ccccc4)cc3[nH]2)CC1. The maximum atomic E-state index is 13.7. The van der Waals surface area contributed by atoms with Crippen LogP contribution in [-0.2, 0) is 12.3 Å². The minimum atomic E-state index is -1.66. The first-order valence-corrected chi connectivity index (χ1v) is 16.5. The first-order chi connectivity index (χ1) is 23.3. The van der Waals surface area contributed by atoms with Gasteiger partial charge in [-0.15, -0.1) is 0 Å².